The molecule has 1 amide bonds. The van der Waals surface area contributed by atoms with Gasteiger partial charge in [-0.3, -0.25) is 4.79 Å². The second-order valence-corrected chi connectivity index (χ2v) is 4.80. The minimum atomic E-state index is -0.617. The number of hydrogen-bond donors (Lipinski definition) is 2. The third-order valence-electron chi connectivity index (χ3n) is 2.33. The van der Waals surface area contributed by atoms with Crippen molar-refractivity contribution in [2.75, 3.05) is 31.8 Å². The molecule has 0 saturated carbocycles. The van der Waals surface area contributed by atoms with Crippen LogP contribution in [0.5, 0.6) is 0 Å². The normalized spacial score (nSPS) is 12.1. The number of nitrogens with one attached hydrogen (secondary N) is 1. The SMILES string of the molecule is CN(C)C(=O)c1ccc(NCC(O)CCl)cc1Cl. The number of rotatable bonds is 5. The Morgan fingerprint density at radius 2 is 2.17 bits per heavy atom. The Labute approximate surface area is 116 Å². The molecule has 1 aromatic carbocycles. The van der Waals surface area contributed by atoms with Gasteiger partial charge in [0, 0.05) is 26.3 Å². The minimum Gasteiger partial charge on any atom is -0.390 e. The summed E-state index contributed by atoms with van der Waals surface area (Å²) in [7, 11) is 3.34. The molecule has 18 heavy (non-hydrogen) atoms. The fourth-order valence-electron chi connectivity index (χ4n) is 1.33. The van der Waals surface area contributed by atoms with Crippen molar-refractivity contribution in [1.29, 1.82) is 0 Å². The van der Waals surface area contributed by atoms with Gasteiger partial charge < -0.3 is 15.3 Å². The molecular weight excluding hydrogens is 275 g/mol. The predicted molar refractivity (Wildman–Crippen MR) is 74.7 cm³/mol. The van der Waals surface area contributed by atoms with E-state index in [9.17, 15) is 9.90 Å². The fourth-order valence-corrected chi connectivity index (χ4v) is 1.70. The molecule has 0 bridgehead atoms. The Morgan fingerprint density at radius 3 is 2.67 bits per heavy atom. The van der Waals surface area contributed by atoms with Crippen molar-refractivity contribution in [2.24, 2.45) is 0 Å². The maximum absolute atomic E-state index is 11.8. The number of aliphatic hydroxyl groups is 1. The van der Waals surface area contributed by atoms with Crippen LogP contribution in [0.1, 0.15) is 10.4 Å². The monoisotopic (exact) mass is 290 g/mol. The van der Waals surface area contributed by atoms with Gasteiger partial charge in [-0.05, 0) is 18.2 Å². The first-order valence-electron chi connectivity index (χ1n) is 5.44. The lowest BCUT2D eigenvalue weighted by atomic mass is 10.2. The van der Waals surface area contributed by atoms with E-state index in [0.717, 1.165) is 5.69 Å². The average molecular weight is 291 g/mol. The maximum atomic E-state index is 11.8. The highest BCUT2D eigenvalue weighted by Gasteiger charge is 2.12. The summed E-state index contributed by atoms with van der Waals surface area (Å²) in [6, 6.07) is 5.04. The molecule has 0 heterocycles. The van der Waals surface area contributed by atoms with E-state index >= 15 is 0 Å². The van der Waals surface area contributed by atoms with Crippen LogP contribution in [-0.2, 0) is 0 Å². The van der Waals surface area contributed by atoms with Crippen LogP contribution in [0.25, 0.3) is 0 Å². The zero-order chi connectivity index (χ0) is 13.7. The molecule has 4 nitrogen and oxygen atoms in total. The minimum absolute atomic E-state index is 0.146. The van der Waals surface area contributed by atoms with Gasteiger partial charge in [-0.1, -0.05) is 11.6 Å². The second kappa shape index (κ2) is 6.83. The zero-order valence-electron chi connectivity index (χ0n) is 10.3. The van der Waals surface area contributed by atoms with Gasteiger partial charge in [-0.2, -0.15) is 0 Å². The van der Waals surface area contributed by atoms with E-state index in [1.54, 1.807) is 32.3 Å². The summed E-state index contributed by atoms with van der Waals surface area (Å²) in [5.74, 6) is 0.0186. The number of aliphatic hydroxyl groups excluding tert-OH is 1. The second-order valence-electron chi connectivity index (χ2n) is 4.08. The van der Waals surface area contributed by atoms with Gasteiger partial charge in [-0.25, -0.2) is 0 Å². The molecule has 100 valence electrons. The largest absolute Gasteiger partial charge is 0.390 e. The lowest BCUT2D eigenvalue weighted by Gasteiger charge is -2.14. The Balaban J connectivity index is 2.76. The molecule has 1 unspecified atom stereocenters. The van der Waals surface area contributed by atoms with Gasteiger partial charge in [0.25, 0.3) is 5.91 Å². The first-order valence-corrected chi connectivity index (χ1v) is 6.36. The zero-order valence-corrected chi connectivity index (χ0v) is 11.8. The number of nitrogens with zero attached hydrogens (tertiary/aromatic N) is 1. The number of carbonyl (C=O) groups excluding carboxylic acids is 1. The lowest BCUT2D eigenvalue weighted by molar-refractivity contribution is 0.0828. The molecule has 0 spiro atoms. The third-order valence-corrected chi connectivity index (χ3v) is 2.99. The smallest absolute Gasteiger partial charge is 0.254 e. The Hall–Kier alpha value is -0.970. The molecule has 0 aliphatic rings. The number of benzene rings is 1. The first kappa shape index (κ1) is 15.1. The van der Waals surface area contributed by atoms with Crippen molar-refractivity contribution in [3.05, 3.63) is 28.8 Å². The third kappa shape index (κ3) is 4.05. The van der Waals surface area contributed by atoms with Crippen molar-refractivity contribution in [1.82, 2.24) is 4.90 Å². The van der Waals surface area contributed by atoms with E-state index in [0.29, 0.717) is 17.1 Å². The van der Waals surface area contributed by atoms with E-state index in [2.05, 4.69) is 5.32 Å². The predicted octanol–water partition coefficient (Wildman–Crippen LogP) is 2.05. The average Bonchev–Trinajstić information content (AvgIpc) is 2.35. The molecule has 1 rings (SSSR count). The summed E-state index contributed by atoms with van der Waals surface area (Å²) in [6.45, 7) is 0.334. The number of anilines is 1. The number of carbonyl (C=O) groups is 1. The molecular formula is C12H16Cl2N2O2. The highest BCUT2D eigenvalue weighted by Crippen LogP contribution is 2.22. The molecule has 0 aromatic heterocycles. The van der Waals surface area contributed by atoms with Gasteiger partial charge in [0.05, 0.1) is 22.6 Å². The van der Waals surface area contributed by atoms with E-state index in [4.69, 9.17) is 23.2 Å². The van der Waals surface area contributed by atoms with E-state index in [1.807, 2.05) is 0 Å². The van der Waals surface area contributed by atoms with Crippen LogP contribution in [0.3, 0.4) is 0 Å². The number of alkyl halides is 1. The summed E-state index contributed by atoms with van der Waals surface area (Å²) >= 11 is 11.5. The summed E-state index contributed by atoms with van der Waals surface area (Å²) in [4.78, 5) is 13.2. The van der Waals surface area contributed by atoms with Crippen LogP contribution in [0.2, 0.25) is 5.02 Å². The summed E-state index contributed by atoms with van der Waals surface area (Å²) in [5, 5.41) is 12.7. The molecule has 2 N–H and O–H groups in total. The van der Waals surface area contributed by atoms with Gasteiger partial charge >= 0.3 is 0 Å². The molecule has 1 atom stereocenters. The van der Waals surface area contributed by atoms with E-state index < -0.39 is 6.10 Å². The van der Waals surface area contributed by atoms with Crippen LogP contribution in [-0.4, -0.2) is 48.5 Å². The first-order chi connectivity index (χ1) is 8.45. The molecule has 0 fully saturated rings. The Kier molecular flexibility index (Phi) is 5.72. The van der Waals surface area contributed by atoms with Crippen LogP contribution in [0, 0.1) is 0 Å². The van der Waals surface area contributed by atoms with Crippen LogP contribution in [0.15, 0.2) is 18.2 Å². The fraction of sp³-hybridized carbons (Fsp3) is 0.417. The number of halogens is 2. The van der Waals surface area contributed by atoms with Crippen molar-refractivity contribution >= 4 is 34.8 Å². The highest BCUT2D eigenvalue weighted by atomic mass is 35.5. The van der Waals surface area contributed by atoms with Crippen molar-refractivity contribution in [3.8, 4) is 0 Å². The summed E-state index contributed by atoms with van der Waals surface area (Å²) in [5.41, 5.74) is 1.18. The van der Waals surface area contributed by atoms with Crippen molar-refractivity contribution in [2.45, 2.75) is 6.10 Å². The van der Waals surface area contributed by atoms with E-state index in [1.165, 1.54) is 4.90 Å². The van der Waals surface area contributed by atoms with Gasteiger partial charge in [0.1, 0.15) is 0 Å². The van der Waals surface area contributed by atoms with Gasteiger partial charge in [0.2, 0.25) is 0 Å². The molecule has 0 saturated heterocycles. The maximum Gasteiger partial charge on any atom is 0.254 e. The lowest BCUT2D eigenvalue weighted by Crippen LogP contribution is -2.22. The van der Waals surface area contributed by atoms with Crippen molar-refractivity contribution in [3.63, 3.8) is 0 Å². The summed E-state index contributed by atoms with van der Waals surface area (Å²) in [6.07, 6.45) is -0.617. The van der Waals surface area contributed by atoms with Gasteiger partial charge in [-0.15, -0.1) is 11.6 Å². The standard InChI is InChI=1S/C12H16Cl2N2O2/c1-16(2)12(18)10-4-3-8(5-11(10)14)15-7-9(17)6-13/h3-5,9,15,17H,6-7H2,1-2H3. The topological polar surface area (TPSA) is 52.6 Å². The number of amides is 1. The van der Waals surface area contributed by atoms with E-state index in [-0.39, 0.29) is 11.8 Å². The van der Waals surface area contributed by atoms with Crippen molar-refractivity contribution < 1.29 is 9.90 Å². The quantitative estimate of drug-likeness (QED) is 0.816. The number of hydrogen-bond acceptors (Lipinski definition) is 3. The highest BCUT2D eigenvalue weighted by molar-refractivity contribution is 6.34. The Morgan fingerprint density at radius 1 is 1.50 bits per heavy atom. The molecule has 0 aliphatic carbocycles. The molecule has 0 radical (unpaired) electrons. The van der Waals surface area contributed by atoms with Crippen LogP contribution in [0.4, 0.5) is 5.69 Å². The summed E-state index contributed by atoms with van der Waals surface area (Å²) < 4.78 is 0. The molecule has 0 aliphatic heterocycles. The van der Waals surface area contributed by atoms with Crippen LogP contribution < -0.4 is 5.32 Å². The molecule has 1 aromatic rings. The van der Waals surface area contributed by atoms with Gasteiger partial charge in [0.15, 0.2) is 0 Å². The Bertz CT molecular complexity index is 425. The molecule has 6 heteroatoms. The van der Waals surface area contributed by atoms with Crippen LogP contribution >= 0.6 is 23.2 Å².